The smallest absolute Gasteiger partial charge is 0.323 e. The molecule has 2 aromatic heterocycles. The van der Waals surface area contributed by atoms with E-state index >= 15 is 0 Å². The molecule has 0 atom stereocenters. The zero-order valence-corrected chi connectivity index (χ0v) is 14.5. The number of aliphatic carboxylic acids is 1. The van der Waals surface area contributed by atoms with Gasteiger partial charge in [0.25, 0.3) is 0 Å². The van der Waals surface area contributed by atoms with Crippen LogP contribution in [0.5, 0.6) is 0 Å². The first-order valence-electron chi connectivity index (χ1n) is 8.80. The number of anilines is 1. The molecule has 0 aromatic carbocycles. The van der Waals surface area contributed by atoms with Crippen LogP contribution in [-0.2, 0) is 11.3 Å². The number of amides is 2. The third-order valence-electron chi connectivity index (χ3n) is 4.64. The van der Waals surface area contributed by atoms with Gasteiger partial charge in [0.2, 0.25) is 0 Å². The van der Waals surface area contributed by atoms with Crippen molar-refractivity contribution < 1.29 is 14.7 Å². The number of pyridine rings is 1. The average Bonchev–Trinajstić information content (AvgIpc) is 3.08. The predicted octanol–water partition coefficient (Wildman–Crippen LogP) is 2.44. The standard InChI is InChI=1S/C18H23N5O3/c24-17(25)2-1-14-5-10-22(11-6-14)18(26)20-16-7-12-23(21-16)13-15-3-8-19-9-4-15/h3-4,7-9,12,14H,1-2,5-6,10-11,13H2,(H,24,25)(H,20,21,26). The van der Waals surface area contributed by atoms with Gasteiger partial charge >= 0.3 is 12.0 Å². The van der Waals surface area contributed by atoms with Crippen LogP contribution in [0.1, 0.15) is 31.2 Å². The second kappa shape index (κ2) is 8.46. The first kappa shape index (κ1) is 17.9. The molecule has 0 aliphatic carbocycles. The summed E-state index contributed by atoms with van der Waals surface area (Å²) in [5, 5.41) is 16.0. The summed E-state index contributed by atoms with van der Waals surface area (Å²) in [7, 11) is 0. The number of nitrogens with one attached hydrogen (secondary N) is 1. The molecule has 0 spiro atoms. The van der Waals surface area contributed by atoms with Gasteiger partial charge in [-0.1, -0.05) is 0 Å². The Hall–Kier alpha value is -2.90. The summed E-state index contributed by atoms with van der Waals surface area (Å²) in [6.07, 6.45) is 7.88. The van der Waals surface area contributed by atoms with E-state index in [0.717, 1.165) is 18.4 Å². The second-order valence-corrected chi connectivity index (χ2v) is 6.55. The van der Waals surface area contributed by atoms with Crippen molar-refractivity contribution >= 4 is 17.8 Å². The molecule has 1 saturated heterocycles. The Kier molecular flexibility index (Phi) is 5.83. The molecular formula is C18H23N5O3. The number of likely N-dealkylation sites (tertiary alicyclic amines) is 1. The van der Waals surface area contributed by atoms with Gasteiger partial charge in [0.15, 0.2) is 5.82 Å². The third-order valence-corrected chi connectivity index (χ3v) is 4.64. The lowest BCUT2D eigenvalue weighted by atomic mass is 9.92. The minimum atomic E-state index is -0.757. The van der Waals surface area contributed by atoms with Crippen LogP contribution in [0.25, 0.3) is 0 Å². The highest BCUT2D eigenvalue weighted by Gasteiger charge is 2.23. The quantitative estimate of drug-likeness (QED) is 0.827. The number of nitrogens with zero attached hydrogens (tertiary/aromatic N) is 4. The van der Waals surface area contributed by atoms with Crippen molar-refractivity contribution in [2.45, 2.75) is 32.2 Å². The topological polar surface area (TPSA) is 100 Å². The molecule has 0 saturated carbocycles. The van der Waals surface area contributed by atoms with Crippen LogP contribution in [0.3, 0.4) is 0 Å². The molecule has 0 radical (unpaired) electrons. The largest absolute Gasteiger partial charge is 0.481 e. The first-order valence-corrected chi connectivity index (χ1v) is 8.80. The molecule has 1 aliphatic rings. The van der Waals surface area contributed by atoms with Gasteiger partial charge in [-0.3, -0.25) is 19.8 Å². The number of carboxylic acid groups (broad SMARTS) is 1. The Bertz CT molecular complexity index is 738. The molecule has 138 valence electrons. The van der Waals surface area contributed by atoms with Crippen LogP contribution >= 0.6 is 0 Å². The minimum absolute atomic E-state index is 0.157. The van der Waals surface area contributed by atoms with E-state index in [9.17, 15) is 9.59 Å². The highest BCUT2D eigenvalue weighted by atomic mass is 16.4. The summed E-state index contributed by atoms with van der Waals surface area (Å²) in [6.45, 7) is 1.91. The molecule has 1 fully saturated rings. The molecule has 0 bridgehead atoms. The van der Waals surface area contributed by atoms with Crippen molar-refractivity contribution in [3.8, 4) is 0 Å². The molecule has 2 N–H and O–H groups in total. The fourth-order valence-corrected chi connectivity index (χ4v) is 3.13. The molecular weight excluding hydrogens is 334 g/mol. The number of piperidine rings is 1. The summed E-state index contributed by atoms with van der Waals surface area (Å²) in [4.78, 5) is 28.8. The molecule has 2 aromatic rings. The third kappa shape index (κ3) is 5.05. The van der Waals surface area contributed by atoms with Gasteiger partial charge in [0.1, 0.15) is 0 Å². The van der Waals surface area contributed by atoms with Crippen molar-refractivity contribution in [3.05, 3.63) is 42.4 Å². The zero-order chi connectivity index (χ0) is 18.4. The number of aromatic nitrogens is 3. The Morgan fingerprint density at radius 2 is 1.92 bits per heavy atom. The summed E-state index contributed by atoms with van der Waals surface area (Å²) < 4.78 is 1.77. The number of carboxylic acids is 1. The van der Waals surface area contributed by atoms with Crippen molar-refractivity contribution in [1.82, 2.24) is 19.7 Å². The van der Waals surface area contributed by atoms with Crippen LogP contribution in [-0.4, -0.2) is 49.9 Å². The number of hydrogen-bond donors (Lipinski definition) is 2. The molecule has 0 unspecified atom stereocenters. The summed E-state index contributed by atoms with van der Waals surface area (Å²) in [5.41, 5.74) is 1.09. The summed E-state index contributed by atoms with van der Waals surface area (Å²) >= 11 is 0. The zero-order valence-electron chi connectivity index (χ0n) is 14.5. The van der Waals surface area contributed by atoms with E-state index in [2.05, 4.69) is 15.4 Å². The van der Waals surface area contributed by atoms with E-state index in [1.165, 1.54) is 0 Å². The van der Waals surface area contributed by atoms with E-state index in [0.29, 0.717) is 37.8 Å². The van der Waals surface area contributed by atoms with Gasteiger partial charge in [0, 0.05) is 44.2 Å². The lowest BCUT2D eigenvalue weighted by molar-refractivity contribution is -0.137. The van der Waals surface area contributed by atoms with Gasteiger partial charge < -0.3 is 10.0 Å². The monoisotopic (exact) mass is 357 g/mol. The summed E-state index contributed by atoms with van der Waals surface area (Å²) in [5.74, 6) is 0.152. The highest BCUT2D eigenvalue weighted by Crippen LogP contribution is 2.22. The second-order valence-electron chi connectivity index (χ2n) is 6.55. The molecule has 2 amide bonds. The normalized spacial score (nSPS) is 15.0. The Morgan fingerprint density at radius 3 is 2.62 bits per heavy atom. The molecule has 3 heterocycles. The van der Waals surface area contributed by atoms with E-state index in [4.69, 9.17) is 5.11 Å². The van der Waals surface area contributed by atoms with Crippen LogP contribution in [0.4, 0.5) is 10.6 Å². The van der Waals surface area contributed by atoms with Crippen LogP contribution in [0.2, 0.25) is 0 Å². The fourth-order valence-electron chi connectivity index (χ4n) is 3.13. The predicted molar refractivity (Wildman–Crippen MR) is 95.8 cm³/mol. The van der Waals surface area contributed by atoms with Crippen LogP contribution < -0.4 is 5.32 Å². The van der Waals surface area contributed by atoms with Crippen molar-refractivity contribution in [1.29, 1.82) is 0 Å². The van der Waals surface area contributed by atoms with E-state index in [1.54, 1.807) is 28.0 Å². The fraction of sp³-hybridized carbons (Fsp3) is 0.444. The van der Waals surface area contributed by atoms with E-state index in [-0.39, 0.29) is 12.5 Å². The number of carbonyl (C=O) groups is 2. The van der Waals surface area contributed by atoms with Crippen molar-refractivity contribution in [2.24, 2.45) is 5.92 Å². The molecule has 8 nitrogen and oxygen atoms in total. The maximum Gasteiger partial charge on any atom is 0.323 e. The summed E-state index contributed by atoms with van der Waals surface area (Å²) in [6, 6.07) is 5.47. The van der Waals surface area contributed by atoms with E-state index < -0.39 is 5.97 Å². The number of urea groups is 1. The minimum Gasteiger partial charge on any atom is -0.481 e. The lowest BCUT2D eigenvalue weighted by Gasteiger charge is -2.31. The van der Waals surface area contributed by atoms with Gasteiger partial charge in [-0.05, 0) is 42.9 Å². The molecule has 26 heavy (non-hydrogen) atoms. The molecule has 1 aliphatic heterocycles. The Labute approximate surface area is 151 Å². The maximum atomic E-state index is 12.4. The first-order chi connectivity index (χ1) is 12.6. The Morgan fingerprint density at radius 1 is 1.19 bits per heavy atom. The Balaban J connectivity index is 1.46. The van der Waals surface area contributed by atoms with E-state index in [1.807, 2.05) is 18.3 Å². The molecule has 8 heteroatoms. The van der Waals surface area contributed by atoms with Crippen LogP contribution in [0, 0.1) is 5.92 Å². The van der Waals surface area contributed by atoms with Crippen molar-refractivity contribution in [2.75, 3.05) is 18.4 Å². The number of hydrogen-bond acceptors (Lipinski definition) is 4. The SMILES string of the molecule is O=C(O)CCC1CCN(C(=O)Nc2ccn(Cc3ccncc3)n2)CC1. The van der Waals surface area contributed by atoms with Crippen molar-refractivity contribution in [3.63, 3.8) is 0 Å². The highest BCUT2D eigenvalue weighted by molar-refractivity contribution is 5.88. The number of carbonyl (C=O) groups excluding carboxylic acids is 1. The lowest BCUT2D eigenvalue weighted by Crippen LogP contribution is -2.41. The van der Waals surface area contributed by atoms with Gasteiger partial charge in [-0.25, -0.2) is 4.79 Å². The average molecular weight is 357 g/mol. The molecule has 3 rings (SSSR count). The number of rotatable bonds is 6. The van der Waals surface area contributed by atoms with Gasteiger partial charge in [-0.2, -0.15) is 5.10 Å². The van der Waals surface area contributed by atoms with Crippen LogP contribution in [0.15, 0.2) is 36.8 Å². The van der Waals surface area contributed by atoms with Gasteiger partial charge in [0.05, 0.1) is 6.54 Å². The van der Waals surface area contributed by atoms with Gasteiger partial charge in [-0.15, -0.1) is 0 Å². The maximum absolute atomic E-state index is 12.4.